The molecule has 0 bridgehead atoms. The maximum absolute atomic E-state index is 13.9. The zero-order valence-electron chi connectivity index (χ0n) is 21.9. The van der Waals surface area contributed by atoms with Crippen molar-refractivity contribution in [2.45, 2.75) is 62.4 Å². The normalized spacial score (nSPS) is 24.4. The van der Waals surface area contributed by atoms with Gasteiger partial charge in [-0.05, 0) is 55.2 Å². The molecule has 2 aliphatic carbocycles. The van der Waals surface area contributed by atoms with Gasteiger partial charge in [-0.15, -0.1) is 0 Å². The number of halogens is 3. The van der Waals surface area contributed by atoms with E-state index in [2.05, 4.69) is 5.32 Å². The van der Waals surface area contributed by atoms with Crippen molar-refractivity contribution in [3.63, 3.8) is 0 Å². The first kappa shape index (κ1) is 28.2. The van der Waals surface area contributed by atoms with Crippen molar-refractivity contribution in [1.82, 2.24) is 10.2 Å². The highest BCUT2D eigenvalue weighted by Crippen LogP contribution is 2.47. The molecule has 0 aromatic heterocycles. The van der Waals surface area contributed by atoms with Crippen molar-refractivity contribution in [2.75, 3.05) is 19.7 Å². The first-order chi connectivity index (χ1) is 19.2. The van der Waals surface area contributed by atoms with E-state index in [4.69, 9.17) is 4.74 Å². The standard InChI is InChI=1S/C30H33F3N2O5/c31-30(32,33)20-12-10-19(11-13-20)29(39)35(17-18-6-2-1-3-7-18)23-16-22(28(38)34-14-15-36)25-21-8-4-5-9-24(21)40-27(25)26(23)37/h4-5,8-13,16,18,23,25-27,36-37H,1-3,6-7,14-15,17H2,(H,34,38). The first-order valence-corrected chi connectivity index (χ1v) is 13.7. The Morgan fingerprint density at radius 1 is 1.02 bits per heavy atom. The van der Waals surface area contributed by atoms with E-state index in [-0.39, 0.29) is 31.2 Å². The molecule has 4 unspecified atom stereocenters. The number of hydrogen-bond acceptors (Lipinski definition) is 5. The summed E-state index contributed by atoms with van der Waals surface area (Å²) in [6.45, 7) is 0.0555. The fourth-order valence-electron chi connectivity index (χ4n) is 6.15. The molecule has 10 heteroatoms. The average Bonchev–Trinajstić information content (AvgIpc) is 3.35. The largest absolute Gasteiger partial charge is 0.486 e. The Morgan fingerprint density at radius 3 is 2.40 bits per heavy atom. The number of carbonyl (C=O) groups excluding carboxylic acids is 2. The van der Waals surface area contributed by atoms with Crippen LogP contribution in [0.25, 0.3) is 0 Å². The number of benzene rings is 2. The van der Waals surface area contributed by atoms with Gasteiger partial charge >= 0.3 is 6.18 Å². The van der Waals surface area contributed by atoms with Gasteiger partial charge in [0.05, 0.1) is 24.1 Å². The molecule has 2 aromatic carbocycles. The van der Waals surface area contributed by atoms with Crippen LogP contribution in [0.4, 0.5) is 13.2 Å². The van der Waals surface area contributed by atoms with Gasteiger partial charge in [-0.2, -0.15) is 13.2 Å². The molecule has 1 fully saturated rings. The minimum absolute atomic E-state index is 0.0273. The molecule has 5 rings (SSSR count). The van der Waals surface area contributed by atoms with Gasteiger partial charge in [0.1, 0.15) is 18.0 Å². The third-order valence-electron chi connectivity index (χ3n) is 8.14. The third kappa shape index (κ3) is 5.60. The van der Waals surface area contributed by atoms with Crippen molar-refractivity contribution in [3.05, 3.63) is 76.9 Å². The number of hydrogen-bond donors (Lipinski definition) is 3. The Kier molecular flexibility index (Phi) is 8.19. The summed E-state index contributed by atoms with van der Waals surface area (Å²) < 4.78 is 45.6. The van der Waals surface area contributed by atoms with Crippen molar-refractivity contribution >= 4 is 11.8 Å². The Bertz CT molecular complexity index is 1260. The summed E-state index contributed by atoms with van der Waals surface area (Å²) in [6.07, 6.45) is -0.100. The average molecular weight is 559 g/mol. The zero-order valence-corrected chi connectivity index (χ0v) is 21.9. The highest BCUT2D eigenvalue weighted by molar-refractivity contribution is 5.97. The molecule has 1 saturated carbocycles. The predicted molar refractivity (Wildman–Crippen MR) is 141 cm³/mol. The van der Waals surface area contributed by atoms with Crippen LogP contribution in [-0.4, -0.2) is 64.9 Å². The summed E-state index contributed by atoms with van der Waals surface area (Å²) in [5, 5.41) is 23.6. The second-order valence-electron chi connectivity index (χ2n) is 10.7. The molecule has 7 nitrogen and oxygen atoms in total. The van der Waals surface area contributed by atoms with Gasteiger partial charge in [0.2, 0.25) is 5.91 Å². The van der Waals surface area contributed by atoms with Crippen LogP contribution < -0.4 is 10.1 Å². The Morgan fingerprint density at radius 2 is 1.73 bits per heavy atom. The molecule has 40 heavy (non-hydrogen) atoms. The van der Waals surface area contributed by atoms with E-state index in [0.717, 1.165) is 61.9 Å². The summed E-state index contributed by atoms with van der Waals surface area (Å²) in [7, 11) is 0. The molecule has 0 spiro atoms. The molecule has 3 N–H and O–H groups in total. The Labute approximate surface area is 230 Å². The van der Waals surface area contributed by atoms with Gasteiger partial charge in [0.25, 0.3) is 5.91 Å². The number of nitrogens with one attached hydrogen (secondary N) is 1. The van der Waals surface area contributed by atoms with Crippen LogP contribution in [0.1, 0.15) is 59.5 Å². The molecule has 0 radical (unpaired) electrons. The highest BCUT2D eigenvalue weighted by atomic mass is 19.4. The lowest BCUT2D eigenvalue weighted by atomic mass is 9.77. The molecular weight excluding hydrogens is 525 g/mol. The SMILES string of the molecule is O=C(NCCO)C1=CC(N(CC2CCCCC2)C(=O)c2ccc(C(F)(F)F)cc2)C(O)C2Oc3ccccc3C12. The molecule has 214 valence electrons. The van der Waals surface area contributed by atoms with E-state index in [9.17, 15) is 33.0 Å². The van der Waals surface area contributed by atoms with Crippen molar-refractivity contribution < 1.29 is 37.7 Å². The fraction of sp³-hybridized carbons (Fsp3) is 0.467. The van der Waals surface area contributed by atoms with Crippen molar-refractivity contribution in [3.8, 4) is 5.75 Å². The molecular formula is C30H33F3N2O5. The topological polar surface area (TPSA) is 99.1 Å². The fourth-order valence-corrected chi connectivity index (χ4v) is 6.15. The van der Waals surface area contributed by atoms with Crippen LogP contribution in [0.3, 0.4) is 0 Å². The number of para-hydroxylation sites is 1. The van der Waals surface area contributed by atoms with Gasteiger partial charge in [-0.3, -0.25) is 9.59 Å². The summed E-state index contributed by atoms with van der Waals surface area (Å²) in [5.74, 6) is -0.867. The van der Waals surface area contributed by atoms with Crippen LogP contribution in [0.2, 0.25) is 0 Å². The van der Waals surface area contributed by atoms with Crippen molar-refractivity contribution in [2.24, 2.45) is 5.92 Å². The number of amides is 2. The summed E-state index contributed by atoms with van der Waals surface area (Å²) in [5.41, 5.74) is 0.257. The minimum Gasteiger partial charge on any atom is -0.486 e. The van der Waals surface area contributed by atoms with Crippen LogP contribution in [0, 0.1) is 5.92 Å². The lowest BCUT2D eigenvalue weighted by Crippen LogP contribution is -2.56. The van der Waals surface area contributed by atoms with Gasteiger partial charge in [0, 0.05) is 29.8 Å². The van der Waals surface area contributed by atoms with Gasteiger partial charge < -0.3 is 25.2 Å². The number of nitrogens with zero attached hydrogens (tertiary/aromatic N) is 1. The van der Waals surface area contributed by atoms with Crippen LogP contribution in [0.5, 0.6) is 5.75 Å². The number of rotatable bonds is 7. The number of aliphatic hydroxyl groups is 2. The van der Waals surface area contributed by atoms with Gasteiger partial charge in [-0.1, -0.05) is 37.5 Å². The minimum atomic E-state index is -4.54. The molecule has 1 aliphatic heterocycles. The zero-order chi connectivity index (χ0) is 28.4. The quantitative estimate of drug-likeness (QED) is 0.476. The smallest absolute Gasteiger partial charge is 0.416 e. The van der Waals surface area contributed by atoms with Crippen molar-refractivity contribution in [1.29, 1.82) is 0 Å². The van der Waals surface area contributed by atoms with Crippen LogP contribution in [0.15, 0.2) is 60.2 Å². The monoisotopic (exact) mass is 558 g/mol. The van der Waals surface area contributed by atoms with E-state index >= 15 is 0 Å². The summed E-state index contributed by atoms with van der Waals surface area (Å²) >= 11 is 0. The first-order valence-electron chi connectivity index (χ1n) is 13.7. The van der Waals surface area contributed by atoms with E-state index in [1.54, 1.807) is 18.2 Å². The lowest BCUT2D eigenvalue weighted by Gasteiger charge is -2.42. The summed E-state index contributed by atoms with van der Waals surface area (Å²) in [4.78, 5) is 28.7. The van der Waals surface area contributed by atoms with Crippen LogP contribution >= 0.6 is 0 Å². The molecule has 3 aliphatic rings. The Balaban J connectivity index is 1.54. The highest BCUT2D eigenvalue weighted by Gasteiger charge is 2.50. The molecule has 1 heterocycles. The third-order valence-corrected chi connectivity index (χ3v) is 8.14. The number of fused-ring (bicyclic) bond motifs is 3. The van der Waals surface area contributed by atoms with Crippen LogP contribution in [-0.2, 0) is 11.0 Å². The maximum atomic E-state index is 13.9. The maximum Gasteiger partial charge on any atom is 0.416 e. The van der Waals surface area contributed by atoms with E-state index in [1.807, 2.05) is 12.1 Å². The van der Waals surface area contributed by atoms with E-state index in [1.165, 1.54) is 4.90 Å². The molecule has 2 aromatic rings. The van der Waals surface area contributed by atoms with E-state index < -0.39 is 47.7 Å². The second-order valence-corrected chi connectivity index (χ2v) is 10.7. The predicted octanol–water partition coefficient (Wildman–Crippen LogP) is 4.05. The summed E-state index contributed by atoms with van der Waals surface area (Å²) in [6, 6.07) is 10.3. The Hall–Kier alpha value is -3.37. The second kappa shape index (κ2) is 11.6. The molecule has 2 amide bonds. The van der Waals surface area contributed by atoms with Gasteiger partial charge in [-0.25, -0.2) is 0 Å². The number of ether oxygens (including phenoxy) is 1. The number of carbonyl (C=O) groups is 2. The lowest BCUT2D eigenvalue weighted by molar-refractivity contribution is -0.137. The van der Waals surface area contributed by atoms with E-state index in [0.29, 0.717) is 11.3 Å². The number of aliphatic hydroxyl groups excluding tert-OH is 2. The molecule has 4 atom stereocenters. The number of alkyl halides is 3. The molecule has 0 saturated heterocycles. The van der Waals surface area contributed by atoms with Gasteiger partial charge in [0.15, 0.2) is 0 Å².